The fourth-order valence-electron chi connectivity index (χ4n) is 5.55. The summed E-state index contributed by atoms with van der Waals surface area (Å²) >= 11 is 3.35. The number of thioether (sulfide) groups is 2. The number of aromatic nitrogens is 1. The van der Waals surface area contributed by atoms with Gasteiger partial charge in [-0.2, -0.15) is 11.8 Å². The van der Waals surface area contributed by atoms with Gasteiger partial charge in [-0.25, -0.2) is 4.98 Å². The summed E-state index contributed by atoms with van der Waals surface area (Å²) < 4.78 is 0. The third-order valence-corrected chi connectivity index (χ3v) is 10.5. The lowest BCUT2D eigenvalue weighted by Gasteiger charge is -2.24. The molecule has 1 saturated carbocycles. The molecule has 1 aliphatic rings. The molecule has 0 saturated heterocycles. The molecule has 0 unspecified atom stereocenters. The Morgan fingerprint density at radius 3 is 2.57 bits per heavy atom. The highest BCUT2D eigenvalue weighted by Gasteiger charge is 2.44. The fraction of sp³-hybridized carbons (Fsp3) is 0.351. The standard InChI is InChI=1S/C37H41NO2S2/c1-26-12-14-29-15-18-31(38-33(29)22-26)17-13-27-8-7-10-30(23-27)34(42-25-37(20-21-37)24-35(39)41-4)19-16-28-9-5-6-11-32(28)36(2,3)40/h5-15,17-18,22-23,34,40H,16,19-21,24-25H2,1-4H3/b17-13-/t34-/m1/s1. The highest BCUT2D eigenvalue weighted by molar-refractivity contribution is 8.13. The molecule has 1 aromatic heterocycles. The van der Waals surface area contributed by atoms with E-state index in [1.165, 1.54) is 28.5 Å². The van der Waals surface area contributed by atoms with Crippen molar-refractivity contribution in [1.82, 2.24) is 4.98 Å². The van der Waals surface area contributed by atoms with Crippen LogP contribution in [-0.4, -0.2) is 27.2 Å². The number of benzene rings is 3. The van der Waals surface area contributed by atoms with E-state index < -0.39 is 5.60 Å². The van der Waals surface area contributed by atoms with Crippen LogP contribution in [0, 0.1) is 12.3 Å². The van der Waals surface area contributed by atoms with E-state index >= 15 is 0 Å². The molecule has 0 radical (unpaired) electrons. The highest BCUT2D eigenvalue weighted by Crippen LogP contribution is 2.54. The van der Waals surface area contributed by atoms with Crippen LogP contribution in [0.4, 0.5) is 0 Å². The summed E-state index contributed by atoms with van der Waals surface area (Å²) in [5.74, 6) is 0.998. The molecule has 4 aromatic rings. The van der Waals surface area contributed by atoms with Crippen molar-refractivity contribution in [3.63, 3.8) is 0 Å². The molecule has 1 heterocycles. The van der Waals surface area contributed by atoms with Crippen LogP contribution in [0.25, 0.3) is 23.1 Å². The Morgan fingerprint density at radius 1 is 1.02 bits per heavy atom. The van der Waals surface area contributed by atoms with Crippen molar-refractivity contribution in [2.45, 2.75) is 63.7 Å². The van der Waals surface area contributed by atoms with E-state index in [0.717, 1.165) is 59.2 Å². The first-order chi connectivity index (χ1) is 20.1. The lowest BCUT2D eigenvalue weighted by atomic mass is 9.90. The molecule has 42 heavy (non-hydrogen) atoms. The Balaban J connectivity index is 1.37. The second kappa shape index (κ2) is 13.2. The molecule has 1 fully saturated rings. The van der Waals surface area contributed by atoms with Crippen LogP contribution < -0.4 is 0 Å². The molecule has 218 valence electrons. The summed E-state index contributed by atoms with van der Waals surface area (Å²) in [6.07, 6.45) is 10.9. The van der Waals surface area contributed by atoms with Crippen molar-refractivity contribution in [3.8, 4) is 0 Å². The molecule has 0 spiro atoms. The lowest BCUT2D eigenvalue weighted by Crippen LogP contribution is -2.18. The van der Waals surface area contributed by atoms with Crippen LogP contribution in [0.2, 0.25) is 0 Å². The largest absolute Gasteiger partial charge is 0.386 e. The number of fused-ring (bicyclic) bond motifs is 1. The Labute approximate surface area is 259 Å². The van der Waals surface area contributed by atoms with Crippen molar-refractivity contribution >= 4 is 51.7 Å². The van der Waals surface area contributed by atoms with Crippen molar-refractivity contribution in [1.29, 1.82) is 0 Å². The van der Waals surface area contributed by atoms with Gasteiger partial charge in [0.05, 0.1) is 16.8 Å². The number of rotatable bonds is 12. The topological polar surface area (TPSA) is 50.2 Å². The maximum absolute atomic E-state index is 12.3. The van der Waals surface area contributed by atoms with Crippen LogP contribution in [-0.2, 0) is 16.8 Å². The Kier molecular flexibility index (Phi) is 9.61. The number of aryl methyl sites for hydroxylation is 2. The van der Waals surface area contributed by atoms with Crippen molar-refractivity contribution < 1.29 is 9.90 Å². The first-order valence-corrected chi connectivity index (χ1v) is 17.1. The average Bonchev–Trinajstić information content (AvgIpc) is 3.74. The third kappa shape index (κ3) is 7.94. The zero-order chi connectivity index (χ0) is 29.7. The summed E-state index contributed by atoms with van der Waals surface area (Å²) in [4.78, 5) is 17.1. The number of nitrogens with zero attached hydrogens (tertiary/aromatic N) is 1. The molecule has 3 aromatic carbocycles. The maximum atomic E-state index is 12.3. The van der Waals surface area contributed by atoms with Crippen LogP contribution in [0.15, 0.2) is 78.9 Å². The molecule has 3 nitrogen and oxygen atoms in total. The van der Waals surface area contributed by atoms with Gasteiger partial charge in [0.15, 0.2) is 5.12 Å². The molecule has 0 bridgehead atoms. The molecule has 1 N–H and O–H groups in total. The summed E-state index contributed by atoms with van der Waals surface area (Å²) in [7, 11) is 0. The molecule has 1 aliphatic carbocycles. The van der Waals surface area contributed by atoms with Gasteiger partial charge in [0.1, 0.15) is 0 Å². The van der Waals surface area contributed by atoms with Crippen molar-refractivity contribution in [2.24, 2.45) is 5.41 Å². The van der Waals surface area contributed by atoms with Crippen LogP contribution in [0.5, 0.6) is 0 Å². The molecule has 0 aliphatic heterocycles. The van der Waals surface area contributed by atoms with Gasteiger partial charge >= 0.3 is 0 Å². The minimum absolute atomic E-state index is 0.158. The molecular weight excluding hydrogens is 555 g/mol. The molecule has 0 amide bonds. The smallest absolute Gasteiger partial charge is 0.189 e. The Hall–Kier alpha value is -2.86. The van der Waals surface area contributed by atoms with Gasteiger partial charge in [0, 0.05) is 17.1 Å². The van der Waals surface area contributed by atoms with Gasteiger partial charge in [-0.15, -0.1) is 0 Å². The molecule has 5 rings (SSSR count). The number of carbonyl (C=O) groups is 1. The highest BCUT2D eigenvalue weighted by atomic mass is 32.2. The quantitative estimate of drug-likeness (QED) is 0.177. The Morgan fingerprint density at radius 2 is 1.81 bits per heavy atom. The van der Waals surface area contributed by atoms with E-state index in [1.54, 1.807) is 0 Å². The first kappa shape index (κ1) is 30.6. The van der Waals surface area contributed by atoms with Crippen molar-refractivity contribution in [3.05, 3.63) is 112 Å². The first-order valence-electron chi connectivity index (χ1n) is 14.8. The summed E-state index contributed by atoms with van der Waals surface area (Å²) in [5, 5.41) is 12.5. The monoisotopic (exact) mass is 595 g/mol. The third-order valence-electron chi connectivity index (χ3n) is 8.25. The number of pyridine rings is 1. The van der Waals surface area contributed by atoms with Crippen LogP contribution in [0.3, 0.4) is 0 Å². The average molecular weight is 596 g/mol. The number of hydrogen-bond donors (Lipinski definition) is 1. The number of carbonyl (C=O) groups excluding carboxylic acids is 1. The van der Waals surface area contributed by atoms with E-state index in [2.05, 4.69) is 85.8 Å². The number of hydrogen-bond acceptors (Lipinski definition) is 5. The van der Waals surface area contributed by atoms with E-state index in [4.69, 9.17) is 4.98 Å². The van der Waals surface area contributed by atoms with Crippen molar-refractivity contribution in [2.75, 3.05) is 12.0 Å². The van der Waals surface area contributed by atoms with Gasteiger partial charge in [0.25, 0.3) is 0 Å². The summed E-state index contributed by atoms with van der Waals surface area (Å²) in [6.45, 7) is 5.82. The molecular formula is C37H41NO2S2. The van der Waals surface area contributed by atoms with Gasteiger partial charge in [-0.3, -0.25) is 4.79 Å². The second-order valence-electron chi connectivity index (χ2n) is 12.2. The minimum atomic E-state index is -0.879. The zero-order valence-corrected chi connectivity index (χ0v) is 26.7. The second-order valence-corrected chi connectivity index (χ2v) is 14.3. The van der Waals surface area contributed by atoms with E-state index in [9.17, 15) is 9.90 Å². The summed E-state index contributed by atoms with van der Waals surface area (Å²) in [5.41, 5.74) is 7.10. The van der Waals surface area contributed by atoms with Gasteiger partial charge in [-0.05, 0) is 110 Å². The SMILES string of the molecule is CSC(=O)CC1(CS[C@H](CCc2ccccc2C(C)(C)O)c2cccc(/C=C\c3ccc4ccc(C)cc4n3)c2)CC1. The Bertz CT molecular complexity index is 1580. The van der Waals surface area contributed by atoms with E-state index in [-0.39, 0.29) is 10.7 Å². The predicted octanol–water partition coefficient (Wildman–Crippen LogP) is 9.41. The summed E-state index contributed by atoms with van der Waals surface area (Å²) in [6, 6.07) is 27.7. The maximum Gasteiger partial charge on any atom is 0.189 e. The fourth-order valence-corrected chi connectivity index (χ4v) is 7.57. The van der Waals surface area contributed by atoms with Gasteiger partial charge in [-0.1, -0.05) is 84.6 Å². The van der Waals surface area contributed by atoms with E-state index in [1.807, 2.05) is 44.0 Å². The normalized spacial score (nSPS) is 15.3. The van der Waals surface area contributed by atoms with Crippen LogP contribution >= 0.6 is 23.5 Å². The van der Waals surface area contributed by atoms with Crippen LogP contribution in [0.1, 0.15) is 78.3 Å². The lowest BCUT2D eigenvalue weighted by molar-refractivity contribution is -0.111. The molecule has 1 atom stereocenters. The number of aliphatic hydroxyl groups is 1. The van der Waals surface area contributed by atoms with Gasteiger partial charge in [0.2, 0.25) is 0 Å². The minimum Gasteiger partial charge on any atom is -0.386 e. The zero-order valence-electron chi connectivity index (χ0n) is 25.1. The molecule has 5 heteroatoms. The van der Waals surface area contributed by atoms with E-state index in [0.29, 0.717) is 11.5 Å². The van der Waals surface area contributed by atoms with Gasteiger partial charge < -0.3 is 5.11 Å². The predicted molar refractivity (Wildman–Crippen MR) is 182 cm³/mol.